The molecule has 14 heteroatoms. The van der Waals surface area contributed by atoms with E-state index < -0.39 is 84.0 Å². The Kier molecular flexibility index (Phi) is 7.94. The molecule has 29 heavy (non-hydrogen) atoms. The maximum absolute atomic E-state index is 11.5. The summed E-state index contributed by atoms with van der Waals surface area (Å²) in [6.07, 6.45) is -12.1. The van der Waals surface area contributed by atoms with Gasteiger partial charge in [0.1, 0.15) is 30.5 Å². The minimum atomic E-state index is -4.80. The molecular formula is C15H26O13S. The molecule has 0 saturated carbocycles. The number of hydrogen-bond donors (Lipinski definition) is 5. The predicted molar refractivity (Wildman–Crippen MR) is 91.0 cm³/mol. The maximum atomic E-state index is 11.5. The van der Waals surface area contributed by atoms with E-state index in [-0.39, 0.29) is 0 Å². The summed E-state index contributed by atoms with van der Waals surface area (Å²) in [6, 6.07) is 0. The molecule has 5 N–H and O–H groups in total. The van der Waals surface area contributed by atoms with Crippen molar-refractivity contribution in [3.05, 3.63) is 0 Å². The van der Waals surface area contributed by atoms with Crippen molar-refractivity contribution in [2.45, 2.75) is 69.0 Å². The van der Waals surface area contributed by atoms with Gasteiger partial charge in [-0.25, -0.2) is 8.98 Å². The van der Waals surface area contributed by atoms with Crippen LogP contribution in [0.25, 0.3) is 0 Å². The Hall–Kier alpha value is -0.940. The lowest BCUT2D eigenvalue weighted by Crippen LogP contribution is -2.63. The van der Waals surface area contributed by atoms with Crippen molar-refractivity contribution in [2.75, 3.05) is 13.7 Å². The van der Waals surface area contributed by atoms with E-state index in [2.05, 4.69) is 4.18 Å². The van der Waals surface area contributed by atoms with Crippen molar-refractivity contribution in [3.63, 3.8) is 0 Å². The van der Waals surface area contributed by atoms with Gasteiger partial charge in [0.2, 0.25) is 0 Å². The number of carboxylic acid groups (broad SMARTS) is 1. The Morgan fingerprint density at radius 2 is 1.66 bits per heavy atom. The van der Waals surface area contributed by atoms with Gasteiger partial charge in [-0.1, -0.05) is 6.92 Å². The molecule has 0 aliphatic carbocycles. The topological polar surface area (TPSA) is 199 Å². The molecule has 2 saturated heterocycles. The molecule has 2 fully saturated rings. The molecule has 170 valence electrons. The molecule has 0 aromatic carbocycles. The molecule has 2 rings (SSSR count). The largest absolute Gasteiger partial charge is 0.479 e. The van der Waals surface area contributed by atoms with Crippen LogP contribution in [0.2, 0.25) is 0 Å². The Bertz CT molecular complexity index is 669. The number of aliphatic carboxylic acids is 1. The van der Waals surface area contributed by atoms with Gasteiger partial charge < -0.3 is 39.4 Å². The number of aliphatic hydroxyl groups is 3. The summed E-state index contributed by atoms with van der Waals surface area (Å²) in [5.41, 5.74) is 0. The van der Waals surface area contributed by atoms with Crippen LogP contribution < -0.4 is 0 Å². The number of carboxylic acids is 1. The van der Waals surface area contributed by atoms with Gasteiger partial charge in [-0.05, 0) is 6.92 Å². The standard InChI is InChI=1S/C15H26O13S/c1-5-8(16)11(24-3)7(4-25-29(21,22)23)27-15(5)28-12-10(18)9(17)6(2)26-13(12)14(19)20/h5-13,15-18H,4H2,1-3H3,(H,19,20)(H,21,22,23)/t5?,6-,7?,8+,9?,10+,11+,12-,13?,15+/m0/s1. The van der Waals surface area contributed by atoms with Crippen LogP contribution in [0, 0.1) is 5.92 Å². The van der Waals surface area contributed by atoms with E-state index in [9.17, 15) is 33.6 Å². The number of ether oxygens (including phenoxy) is 4. The zero-order valence-corrected chi connectivity index (χ0v) is 16.7. The Morgan fingerprint density at radius 3 is 2.17 bits per heavy atom. The number of aliphatic hydroxyl groups excluding tert-OH is 3. The highest BCUT2D eigenvalue weighted by atomic mass is 32.3. The second-order valence-corrected chi connectivity index (χ2v) is 8.08. The Morgan fingerprint density at radius 1 is 1.03 bits per heavy atom. The summed E-state index contributed by atoms with van der Waals surface area (Å²) >= 11 is 0. The normalized spacial score (nSPS) is 43.8. The molecule has 4 unspecified atom stereocenters. The van der Waals surface area contributed by atoms with Crippen molar-refractivity contribution in [1.82, 2.24) is 0 Å². The van der Waals surface area contributed by atoms with Crippen LogP contribution in [0.3, 0.4) is 0 Å². The lowest BCUT2D eigenvalue weighted by atomic mass is 9.91. The molecular weight excluding hydrogens is 420 g/mol. The summed E-state index contributed by atoms with van der Waals surface area (Å²) in [5, 5.41) is 40.1. The molecule has 10 atom stereocenters. The summed E-state index contributed by atoms with van der Waals surface area (Å²) in [6.45, 7) is 2.15. The molecule has 0 radical (unpaired) electrons. The van der Waals surface area contributed by atoms with E-state index in [0.29, 0.717) is 0 Å². The highest BCUT2D eigenvalue weighted by molar-refractivity contribution is 7.80. The van der Waals surface area contributed by atoms with E-state index in [4.69, 9.17) is 23.5 Å². The average Bonchev–Trinajstić information content (AvgIpc) is 2.63. The van der Waals surface area contributed by atoms with Crippen molar-refractivity contribution >= 4 is 16.4 Å². The first-order valence-electron chi connectivity index (χ1n) is 8.75. The fourth-order valence-corrected chi connectivity index (χ4v) is 3.64. The van der Waals surface area contributed by atoms with Crippen molar-refractivity contribution in [1.29, 1.82) is 0 Å². The van der Waals surface area contributed by atoms with Gasteiger partial charge in [-0.3, -0.25) is 4.55 Å². The monoisotopic (exact) mass is 446 g/mol. The molecule has 0 spiro atoms. The van der Waals surface area contributed by atoms with E-state index in [1.165, 1.54) is 21.0 Å². The Balaban J connectivity index is 2.21. The number of carbonyl (C=O) groups is 1. The third kappa shape index (κ3) is 5.61. The summed E-state index contributed by atoms with van der Waals surface area (Å²) in [7, 11) is -3.56. The zero-order valence-electron chi connectivity index (χ0n) is 15.9. The summed E-state index contributed by atoms with van der Waals surface area (Å²) < 4.78 is 56.1. The van der Waals surface area contributed by atoms with Gasteiger partial charge in [0.15, 0.2) is 12.4 Å². The lowest BCUT2D eigenvalue weighted by Gasteiger charge is -2.46. The third-order valence-corrected chi connectivity index (χ3v) is 5.43. The van der Waals surface area contributed by atoms with E-state index in [1.54, 1.807) is 0 Å². The predicted octanol–water partition coefficient (Wildman–Crippen LogP) is -2.48. The summed E-state index contributed by atoms with van der Waals surface area (Å²) in [5.74, 6) is -2.27. The molecule has 2 heterocycles. The van der Waals surface area contributed by atoms with Crippen molar-refractivity contribution in [3.8, 4) is 0 Å². The van der Waals surface area contributed by atoms with Gasteiger partial charge in [0.05, 0.1) is 18.8 Å². The zero-order chi connectivity index (χ0) is 22.1. The molecule has 2 aliphatic rings. The molecule has 0 aromatic rings. The summed E-state index contributed by atoms with van der Waals surface area (Å²) in [4.78, 5) is 11.5. The fraction of sp³-hybridized carbons (Fsp3) is 0.933. The highest BCUT2D eigenvalue weighted by Crippen LogP contribution is 2.32. The molecule has 13 nitrogen and oxygen atoms in total. The van der Waals surface area contributed by atoms with E-state index in [1.807, 2.05) is 0 Å². The van der Waals surface area contributed by atoms with Gasteiger partial charge in [0.25, 0.3) is 0 Å². The highest BCUT2D eigenvalue weighted by Gasteiger charge is 2.51. The third-order valence-electron chi connectivity index (χ3n) is 5.00. The van der Waals surface area contributed by atoms with E-state index in [0.717, 1.165) is 0 Å². The quantitative estimate of drug-likeness (QED) is 0.258. The van der Waals surface area contributed by atoms with Gasteiger partial charge in [-0.15, -0.1) is 0 Å². The van der Waals surface area contributed by atoms with Crippen LogP contribution in [-0.2, 0) is 38.3 Å². The molecule has 2 aliphatic heterocycles. The van der Waals surface area contributed by atoms with Gasteiger partial charge >= 0.3 is 16.4 Å². The first-order valence-corrected chi connectivity index (χ1v) is 10.1. The fourth-order valence-electron chi connectivity index (χ4n) is 3.33. The SMILES string of the molecule is CO[C@@H]1C(COS(=O)(=O)O)O[C@H](O[C@@H]2C(C(=O)O)O[C@@H](C)C(O)[C@H]2O)C(C)[C@H]1O. The lowest BCUT2D eigenvalue weighted by molar-refractivity contribution is -0.327. The van der Waals surface area contributed by atoms with E-state index >= 15 is 0 Å². The van der Waals surface area contributed by atoms with Gasteiger partial charge in [-0.2, -0.15) is 8.42 Å². The maximum Gasteiger partial charge on any atom is 0.397 e. The first-order chi connectivity index (χ1) is 13.4. The first kappa shape index (κ1) is 24.3. The van der Waals surface area contributed by atoms with Crippen LogP contribution in [-0.4, -0.2) is 108 Å². The minimum absolute atomic E-state index is 0.729. The van der Waals surface area contributed by atoms with Crippen molar-refractivity contribution < 1.29 is 61.3 Å². The number of rotatable bonds is 7. The molecule has 0 bridgehead atoms. The second kappa shape index (κ2) is 9.47. The van der Waals surface area contributed by atoms with Crippen LogP contribution >= 0.6 is 0 Å². The smallest absolute Gasteiger partial charge is 0.397 e. The average molecular weight is 446 g/mol. The number of methoxy groups -OCH3 is 1. The minimum Gasteiger partial charge on any atom is -0.479 e. The van der Waals surface area contributed by atoms with Gasteiger partial charge in [0, 0.05) is 13.0 Å². The van der Waals surface area contributed by atoms with Crippen LogP contribution in [0.5, 0.6) is 0 Å². The van der Waals surface area contributed by atoms with Crippen LogP contribution in [0.1, 0.15) is 13.8 Å². The second-order valence-electron chi connectivity index (χ2n) is 6.99. The molecule has 0 amide bonds. The Labute approximate surface area is 167 Å². The van der Waals surface area contributed by atoms with Crippen molar-refractivity contribution in [2.24, 2.45) is 5.92 Å². The van der Waals surface area contributed by atoms with Crippen LogP contribution in [0.4, 0.5) is 0 Å². The number of hydrogen-bond acceptors (Lipinski definition) is 11. The van der Waals surface area contributed by atoms with Crippen LogP contribution in [0.15, 0.2) is 0 Å². The molecule has 0 aromatic heterocycles.